The van der Waals surface area contributed by atoms with Crippen molar-refractivity contribution in [3.8, 4) is 0 Å². The van der Waals surface area contributed by atoms with E-state index >= 15 is 0 Å². The minimum Gasteiger partial charge on any atom is -0.354 e. The van der Waals surface area contributed by atoms with Crippen LogP contribution in [0.5, 0.6) is 0 Å². The summed E-state index contributed by atoms with van der Waals surface area (Å²) in [5, 5.41) is 6.03. The predicted molar refractivity (Wildman–Crippen MR) is 64.4 cm³/mol. The van der Waals surface area contributed by atoms with Crippen LogP contribution in [0.2, 0.25) is 0 Å². The lowest BCUT2D eigenvalue weighted by Gasteiger charge is -2.00. The number of rotatable bonds is 3. The van der Waals surface area contributed by atoms with Crippen LogP contribution in [0.1, 0.15) is 10.5 Å². The number of aromatic nitrogens is 2. The standard InChI is InChI=1S/C10H8FN3O2S2/c1-12-9(15)8-10(17-14-13-8)18(16)7-4-2-6(11)3-5-7/h2-5H,1H3,(H,12,15). The molecular weight excluding hydrogens is 277 g/mol. The fraction of sp³-hybridized carbons (Fsp3) is 0.100. The summed E-state index contributed by atoms with van der Waals surface area (Å²) < 4.78 is 28.8. The van der Waals surface area contributed by atoms with Crippen molar-refractivity contribution in [3.05, 3.63) is 35.8 Å². The van der Waals surface area contributed by atoms with Crippen molar-refractivity contribution in [2.45, 2.75) is 9.10 Å². The molecule has 0 fully saturated rings. The Morgan fingerprint density at radius 3 is 2.67 bits per heavy atom. The van der Waals surface area contributed by atoms with E-state index in [4.69, 9.17) is 0 Å². The molecule has 0 radical (unpaired) electrons. The van der Waals surface area contributed by atoms with Gasteiger partial charge in [-0.1, -0.05) is 4.49 Å². The maximum Gasteiger partial charge on any atom is 0.273 e. The molecule has 8 heteroatoms. The van der Waals surface area contributed by atoms with Crippen molar-refractivity contribution < 1.29 is 13.4 Å². The Labute approximate surface area is 109 Å². The average Bonchev–Trinajstić information content (AvgIpc) is 2.87. The lowest BCUT2D eigenvalue weighted by Crippen LogP contribution is -2.19. The monoisotopic (exact) mass is 285 g/mol. The molecule has 1 heterocycles. The van der Waals surface area contributed by atoms with Crippen LogP contribution in [-0.4, -0.2) is 26.8 Å². The minimum atomic E-state index is -1.59. The number of carbonyl (C=O) groups is 1. The SMILES string of the molecule is CNC(=O)c1nnsc1S(=O)c1ccc(F)cc1. The van der Waals surface area contributed by atoms with Crippen molar-refractivity contribution in [1.82, 2.24) is 14.9 Å². The van der Waals surface area contributed by atoms with Crippen LogP contribution in [-0.2, 0) is 10.8 Å². The number of benzene rings is 1. The average molecular weight is 285 g/mol. The van der Waals surface area contributed by atoms with Gasteiger partial charge < -0.3 is 5.32 Å². The van der Waals surface area contributed by atoms with Gasteiger partial charge in [0.05, 0.1) is 10.8 Å². The highest BCUT2D eigenvalue weighted by molar-refractivity contribution is 7.87. The molecule has 94 valence electrons. The topological polar surface area (TPSA) is 72.0 Å². The van der Waals surface area contributed by atoms with Crippen LogP contribution >= 0.6 is 11.5 Å². The fourth-order valence-corrected chi connectivity index (χ4v) is 3.21. The van der Waals surface area contributed by atoms with Gasteiger partial charge in [0, 0.05) is 11.9 Å². The molecule has 5 nitrogen and oxygen atoms in total. The fourth-order valence-electron chi connectivity index (χ4n) is 1.23. The van der Waals surface area contributed by atoms with Crippen LogP contribution in [0.15, 0.2) is 33.4 Å². The van der Waals surface area contributed by atoms with E-state index in [1.54, 1.807) is 0 Å². The van der Waals surface area contributed by atoms with E-state index in [0.29, 0.717) is 4.90 Å². The predicted octanol–water partition coefficient (Wildman–Crippen LogP) is 1.20. The highest BCUT2D eigenvalue weighted by atomic mass is 32.2. The lowest BCUT2D eigenvalue weighted by molar-refractivity contribution is 0.0955. The molecule has 0 aliphatic rings. The van der Waals surface area contributed by atoms with E-state index in [1.807, 2.05) is 0 Å². The summed E-state index contributed by atoms with van der Waals surface area (Å²) >= 11 is 0.885. The van der Waals surface area contributed by atoms with E-state index in [9.17, 15) is 13.4 Å². The molecule has 1 unspecified atom stereocenters. The van der Waals surface area contributed by atoms with Gasteiger partial charge in [0.2, 0.25) is 0 Å². The largest absolute Gasteiger partial charge is 0.354 e. The summed E-state index contributed by atoms with van der Waals surface area (Å²) in [5.41, 5.74) is 0.0326. The zero-order valence-corrected chi connectivity index (χ0v) is 10.8. The number of carbonyl (C=O) groups excluding carboxylic acids is 1. The number of hydrogen-bond acceptors (Lipinski definition) is 5. The Kier molecular flexibility index (Phi) is 3.78. The van der Waals surface area contributed by atoms with Gasteiger partial charge >= 0.3 is 0 Å². The molecule has 1 atom stereocenters. The highest BCUT2D eigenvalue weighted by Gasteiger charge is 2.21. The summed E-state index contributed by atoms with van der Waals surface area (Å²) in [6.07, 6.45) is 0. The molecule has 0 saturated carbocycles. The Hall–Kier alpha value is -1.67. The minimum absolute atomic E-state index is 0.0326. The van der Waals surface area contributed by atoms with Crippen LogP contribution in [0.25, 0.3) is 0 Å². The first kappa shape index (κ1) is 12.8. The number of hydrogen-bond donors (Lipinski definition) is 1. The number of amides is 1. The van der Waals surface area contributed by atoms with E-state index in [1.165, 1.54) is 31.3 Å². The second-order valence-electron chi connectivity index (χ2n) is 3.21. The van der Waals surface area contributed by atoms with Crippen molar-refractivity contribution >= 4 is 28.2 Å². The van der Waals surface area contributed by atoms with Gasteiger partial charge in [-0.05, 0) is 35.8 Å². The van der Waals surface area contributed by atoms with E-state index in [-0.39, 0.29) is 9.90 Å². The van der Waals surface area contributed by atoms with Crippen molar-refractivity contribution in [2.75, 3.05) is 7.05 Å². The summed E-state index contributed by atoms with van der Waals surface area (Å²) in [5.74, 6) is -0.862. The van der Waals surface area contributed by atoms with Gasteiger partial charge in [-0.3, -0.25) is 4.79 Å². The van der Waals surface area contributed by atoms with Gasteiger partial charge in [-0.15, -0.1) is 5.10 Å². The lowest BCUT2D eigenvalue weighted by atomic mass is 10.4. The van der Waals surface area contributed by atoms with Gasteiger partial charge in [-0.2, -0.15) is 0 Å². The van der Waals surface area contributed by atoms with Crippen LogP contribution < -0.4 is 5.32 Å². The second-order valence-corrected chi connectivity index (χ2v) is 5.64. The van der Waals surface area contributed by atoms with E-state index < -0.39 is 22.5 Å². The normalized spacial score (nSPS) is 12.1. The third-order valence-electron chi connectivity index (χ3n) is 2.10. The molecule has 1 aromatic heterocycles. The quantitative estimate of drug-likeness (QED) is 0.920. The van der Waals surface area contributed by atoms with Crippen molar-refractivity contribution in [2.24, 2.45) is 0 Å². The van der Waals surface area contributed by atoms with Crippen LogP contribution in [0.4, 0.5) is 4.39 Å². The molecule has 0 aliphatic carbocycles. The smallest absolute Gasteiger partial charge is 0.273 e. The molecular formula is C10H8FN3O2S2. The van der Waals surface area contributed by atoms with Gasteiger partial charge in [-0.25, -0.2) is 8.60 Å². The Bertz CT molecular complexity index is 597. The number of halogens is 1. The molecule has 1 aromatic carbocycles. The molecule has 0 spiro atoms. The maximum atomic E-state index is 12.8. The summed E-state index contributed by atoms with van der Waals surface area (Å²) in [6.45, 7) is 0. The van der Waals surface area contributed by atoms with Crippen molar-refractivity contribution in [1.29, 1.82) is 0 Å². The number of nitrogens with one attached hydrogen (secondary N) is 1. The molecule has 1 amide bonds. The first-order chi connectivity index (χ1) is 8.63. The molecule has 18 heavy (non-hydrogen) atoms. The highest BCUT2D eigenvalue weighted by Crippen LogP contribution is 2.22. The molecule has 2 rings (SSSR count). The van der Waals surface area contributed by atoms with Gasteiger partial charge in [0.1, 0.15) is 5.82 Å². The zero-order valence-electron chi connectivity index (χ0n) is 9.21. The summed E-state index contributed by atoms with van der Waals surface area (Å²) in [7, 11) is -0.141. The molecule has 1 N–H and O–H groups in total. The maximum absolute atomic E-state index is 12.8. The van der Waals surface area contributed by atoms with Crippen LogP contribution in [0.3, 0.4) is 0 Å². The zero-order chi connectivity index (χ0) is 13.1. The summed E-state index contributed by atoms with van der Waals surface area (Å²) in [4.78, 5) is 11.9. The molecule has 0 bridgehead atoms. The second kappa shape index (κ2) is 5.32. The molecule has 0 aliphatic heterocycles. The first-order valence-electron chi connectivity index (χ1n) is 4.85. The third-order valence-corrected chi connectivity index (χ3v) is 4.53. The Morgan fingerprint density at radius 2 is 2.06 bits per heavy atom. The molecule has 0 saturated heterocycles. The number of nitrogens with zero attached hydrogens (tertiary/aromatic N) is 2. The van der Waals surface area contributed by atoms with E-state index in [0.717, 1.165) is 11.5 Å². The van der Waals surface area contributed by atoms with Gasteiger partial charge in [0.15, 0.2) is 9.90 Å². The van der Waals surface area contributed by atoms with Crippen molar-refractivity contribution in [3.63, 3.8) is 0 Å². The molecule has 2 aromatic rings. The third kappa shape index (κ3) is 2.44. The van der Waals surface area contributed by atoms with E-state index in [2.05, 4.69) is 14.9 Å². The Balaban J connectivity index is 2.37. The summed E-state index contributed by atoms with van der Waals surface area (Å²) in [6, 6.07) is 5.22. The van der Waals surface area contributed by atoms with Crippen LogP contribution in [0, 0.1) is 5.82 Å². The Morgan fingerprint density at radius 1 is 1.39 bits per heavy atom. The van der Waals surface area contributed by atoms with Gasteiger partial charge in [0.25, 0.3) is 5.91 Å². The first-order valence-corrected chi connectivity index (χ1v) is 6.77.